The Morgan fingerprint density at radius 1 is 0.900 bits per heavy atom. The first-order valence-electron chi connectivity index (χ1n) is 19.9. The molecule has 0 spiro atoms. The standard InChI is InChI=1S/C42H51N5O11SSi/c1-42(2,3)58-41(52)28-13-15-29(16-14-28)44-21-19-27(20-22-44)25-59(55,56)43-33-12-8-10-31(37(33)47(53)54)30-9-7-11-32-36(30)40(51)46(38(32)49)34-17-18-35(48)45(39(34)50)26-57-23-24-60(4,5)6/h7-16,27,34,43H,17-26H2,1-6H3. The molecule has 60 heavy (non-hydrogen) atoms. The number of nitrogens with zero attached hydrogens (tertiary/aromatic N) is 4. The maximum Gasteiger partial charge on any atom is 0.338 e. The van der Waals surface area contributed by atoms with Crippen LogP contribution in [-0.4, -0.2) is 105 Å². The van der Waals surface area contributed by atoms with Crippen LogP contribution in [0.15, 0.2) is 60.7 Å². The number of sulfonamides is 1. The number of esters is 1. The Hall–Kier alpha value is -5.46. The van der Waals surface area contributed by atoms with Crippen LogP contribution in [-0.2, 0) is 29.1 Å². The molecule has 4 amide bonds. The van der Waals surface area contributed by atoms with Gasteiger partial charge < -0.3 is 14.4 Å². The number of piperidine rings is 2. The van der Waals surface area contributed by atoms with E-state index in [0.29, 0.717) is 38.1 Å². The second-order valence-corrected chi connectivity index (χ2v) is 25.0. The number of anilines is 2. The number of amides is 4. The summed E-state index contributed by atoms with van der Waals surface area (Å²) in [5.41, 5.74) is -0.575. The molecule has 6 rings (SSSR count). The van der Waals surface area contributed by atoms with Crippen molar-refractivity contribution in [3.8, 4) is 11.1 Å². The Bertz CT molecular complexity index is 2310. The smallest absolute Gasteiger partial charge is 0.338 e. The molecule has 16 nitrogen and oxygen atoms in total. The molecule has 320 valence electrons. The van der Waals surface area contributed by atoms with E-state index in [2.05, 4.69) is 29.3 Å². The van der Waals surface area contributed by atoms with Crippen molar-refractivity contribution in [2.75, 3.05) is 41.8 Å². The molecular weight excluding hydrogens is 811 g/mol. The summed E-state index contributed by atoms with van der Waals surface area (Å²) in [5, 5.41) is 12.7. The van der Waals surface area contributed by atoms with E-state index in [1.54, 1.807) is 32.9 Å². The molecule has 3 aliphatic rings. The van der Waals surface area contributed by atoms with E-state index in [1.165, 1.54) is 36.4 Å². The van der Waals surface area contributed by atoms with Gasteiger partial charge in [0.25, 0.3) is 17.7 Å². The van der Waals surface area contributed by atoms with Gasteiger partial charge in [-0.15, -0.1) is 0 Å². The fraction of sp³-hybridized carbons (Fsp3) is 0.452. The molecular formula is C42H51N5O11SSi. The third-order valence-electron chi connectivity index (χ3n) is 10.7. The van der Waals surface area contributed by atoms with Crippen LogP contribution in [0.4, 0.5) is 17.1 Å². The van der Waals surface area contributed by atoms with Crippen LogP contribution in [0.5, 0.6) is 0 Å². The van der Waals surface area contributed by atoms with Crippen molar-refractivity contribution >= 4 is 64.8 Å². The zero-order valence-electron chi connectivity index (χ0n) is 34.7. The molecule has 3 aromatic rings. The molecule has 3 aliphatic heterocycles. The van der Waals surface area contributed by atoms with Gasteiger partial charge in [0.1, 0.15) is 24.1 Å². The number of hydrogen-bond donors (Lipinski definition) is 1. The first kappa shape index (κ1) is 44.1. The van der Waals surface area contributed by atoms with Crippen molar-refractivity contribution in [2.24, 2.45) is 5.92 Å². The van der Waals surface area contributed by atoms with E-state index in [9.17, 15) is 42.5 Å². The topological polar surface area (TPSA) is 203 Å². The number of likely N-dealkylation sites (tertiary alicyclic amines) is 1. The highest BCUT2D eigenvalue weighted by atomic mass is 32.2. The third-order valence-corrected chi connectivity index (χ3v) is 13.8. The van der Waals surface area contributed by atoms with Gasteiger partial charge in [-0.3, -0.25) is 43.8 Å². The highest BCUT2D eigenvalue weighted by molar-refractivity contribution is 7.92. The molecule has 0 bridgehead atoms. The van der Waals surface area contributed by atoms with Crippen LogP contribution in [0.25, 0.3) is 11.1 Å². The molecule has 0 radical (unpaired) electrons. The normalized spacial score (nSPS) is 17.9. The number of nitrogens with one attached hydrogen (secondary N) is 1. The van der Waals surface area contributed by atoms with Crippen molar-refractivity contribution in [1.29, 1.82) is 0 Å². The minimum absolute atomic E-state index is 0.0125. The number of fused-ring (bicyclic) bond motifs is 1. The highest BCUT2D eigenvalue weighted by Gasteiger charge is 2.48. The van der Waals surface area contributed by atoms with E-state index in [-0.39, 0.29) is 59.2 Å². The molecule has 1 unspecified atom stereocenters. The summed E-state index contributed by atoms with van der Waals surface area (Å²) in [6.07, 6.45) is 0.858. The van der Waals surface area contributed by atoms with Crippen LogP contribution in [0.3, 0.4) is 0 Å². The average molecular weight is 862 g/mol. The number of benzene rings is 3. The van der Waals surface area contributed by atoms with Gasteiger partial charge in [0.05, 0.1) is 32.9 Å². The quantitative estimate of drug-likeness (QED) is 0.0474. The van der Waals surface area contributed by atoms with E-state index in [0.717, 1.165) is 21.5 Å². The molecule has 3 heterocycles. The Balaban J connectivity index is 1.16. The molecule has 0 aromatic heterocycles. The molecule has 3 aromatic carbocycles. The number of nitro groups is 1. The van der Waals surface area contributed by atoms with Gasteiger partial charge in [0.2, 0.25) is 15.9 Å². The van der Waals surface area contributed by atoms with E-state index < -0.39 is 69.9 Å². The first-order valence-corrected chi connectivity index (χ1v) is 25.3. The van der Waals surface area contributed by atoms with Crippen LogP contribution in [0.2, 0.25) is 25.7 Å². The van der Waals surface area contributed by atoms with E-state index in [4.69, 9.17) is 9.47 Å². The molecule has 1 N–H and O–H groups in total. The second-order valence-electron chi connectivity index (χ2n) is 17.6. The lowest BCUT2D eigenvalue weighted by Crippen LogP contribution is -2.56. The van der Waals surface area contributed by atoms with Gasteiger partial charge in [-0.2, -0.15) is 0 Å². The van der Waals surface area contributed by atoms with Crippen molar-refractivity contribution < 1.29 is 46.8 Å². The zero-order valence-corrected chi connectivity index (χ0v) is 36.5. The SMILES string of the molecule is CC(C)(C)OC(=O)c1ccc(N2CCC(CS(=O)(=O)Nc3cccc(-c4cccc5c4C(=O)N(C4CCC(=O)N(COCC[Si](C)(C)C)C4=O)C5=O)c3[N+](=O)[O-])CC2)cc1. The summed E-state index contributed by atoms with van der Waals surface area (Å²) in [4.78, 5) is 82.6. The van der Waals surface area contributed by atoms with Gasteiger partial charge >= 0.3 is 11.7 Å². The number of carbonyl (C=O) groups excluding carboxylic acids is 5. The predicted molar refractivity (Wildman–Crippen MR) is 227 cm³/mol. The second kappa shape index (κ2) is 17.3. The van der Waals surface area contributed by atoms with Crippen molar-refractivity contribution in [3.05, 3.63) is 87.5 Å². The molecule has 2 saturated heterocycles. The maximum atomic E-state index is 14.1. The summed E-state index contributed by atoms with van der Waals surface area (Å²) in [7, 11) is -5.57. The largest absolute Gasteiger partial charge is 0.456 e. The number of ether oxygens (including phenoxy) is 2. The van der Waals surface area contributed by atoms with E-state index in [1.807, 2.05) is 12.1 Å². The monoisotopic (exact) mass is 861 g/mol. The minimum atomic E-state index is -4.12. The fourth-order valence-corrected chi connectivity index (χ4v) is 9.90. The predicted octanol–water partition coefficient (Wildman–Crippen LogP) is 6.30. The van der Waals surface area contributed by atoms with Gasteiger partial charge in [0, 0.05) is 45.4 Å². The molecule has 0 aliphatic carbocycles. The lowest BCUT2D eigenvalue weighted by atomic mass is 9.95. The number of para-hydroxylation sites is 1. The van der Waals surface area contributed by atoms with Crippen LogP contribution in [0, 0.1) is 16.0 Å². The Kier molecular flexibility index (Phi) is 12.7. The van der Waals surface area contributed by atoms with Crippen LogP contribution < -0.4 is 9.62 Å². The summed E-state index contributed by atoms with van der Waals surface area (Å²) in [6.45, 7) is 13.0. The van der Waals surface area contributed by atoms with Crippen molar-refractivity contribution in [1.82, 2.24) is 9.80 Å². The third kappa shape index (κ3) is 9.93. The van der Waals surface area contributed by atoms with E-state index >= 15 is 0 Å². The Labute approximate surface area is 350 Å². The maximum absolute atomic E-state index is 14.1. The highest BCUT2D eigenvalue weighted by Crippen LogP contribution is 2.42. The minimum Gasteiger partial charge on any atom is -0.456 e. The molecule has 1 atom stereocenters. The van der Waals surface area contributed by atoms with Gasteiger partial charge in [0.15, 0.2) is 0 Å². The van der Waals surface area contributed by atoms with Crippen LogP contribution >= 0.6 is 0 Å². The van der Waals surface area contributed by atoms with Gasteiger partial charge in [-0.1, -0.05) is 37.8 Å². The van der Waals surface area contributed by atoms with Crippen molar-refractivity contribution in [2.45, 2.75) is 83.8 Å². The first-order chi connectivity index (χ1) is 28.1. The summed E-state index contributed by atoms with van der Waals surface area (Å²) in [6, 6.07) is 14.9. The Morgan fingerprint density at radius 3 is 2.17 bits per heavy atom. The molecule has 2 fully saturated rings. The molecule has 0 saturated carbocycles. The average Bonchev–Trinajstić information content (AvgIpc) is 3.42. The lowest BCUT2D eigenvalue weighted by molar-refractivity contribution is -0.383. The number of carbonyl (C=O) groups is 5. The molecule has 18 heteroatoms. The van der Waals surface area contributed by atoms with Crippen LogP contribution in [0.1, 0.15) is 77.5 Å². The number of nitro benzene ring substituents is 1. The Morgan fingerprint density at radius 2 is 1.53 bits per heavy atom. The number of imide groups is 2. The van der Waals surface area contributed by atoms with Crippen molar-refractivity contribution in [3.63, 3.8) is 0 Å². The number of hydrogen-bond acceptors (Lipinski definition) is 12. The van der Waals surface area contributed by atoms with Gasteiger partial charge in [-0.05, 0) is 94.5 Å². The fourth-order valence-electron chi connectivity index (χ4n) is 7.60. The summed E-state index contributed by atoms with van der Waals surface area (Å²) < 4.78 is 40.7. The summed E-state index contributed by atoms with van der Waals surface area (Å²) >= 11 is 0. The summed E-state index contributed by atoms with van der Waals surface area (Å²) in [5.74, 6) is -3.84. The van der Waals surface area contributed by atoms with Gasteiger partial charge in [-0.25, -0.2) is 13.2 Å². The zero-order chi connectivity index (χ0) is 43.7. The lowest BCUT2D eigenvalue weighted by Gasteiger charge is -2.34. The number of rotatable bonds is 14.